The number of aromatic nitrogens is 2. The van der Waals surface area contributed by atoms with Crippen molar-refractivity contribution in [1.29, 1.82) is 0 Å². The van der Waals surface area contributed by atoms with E-state index in [1.807, 2.05) is 39.0 Å². The second kappa shape index (κ2) is 8.30. The fraction of sp³-hybridized carbons (Fsp3) is 0.292. The van der Waals surface area contributed by atoms with Crippen LogP contribution in [0, 0.1) is 19.7 Å². The average molecular weight is 441 g/mol. The molecule has 162 valence electrons. The van der Waals surface area contributed by atoms with Crippen molar-refractivity contribution in [1.82, 2.24) is 9.97 Å². The zero-order valence-corrected chi connectivity index (χ0v) is 19.0. The van der Waals surface area contributed by atoms with Crippen LogP contribution in [-0.4, -0.2) is 30.4 Å². The van der Waals surface area contributed by atoms with Gasteiger partial charge in [0, 0.05) is 42.2 Å². The first-order chi connectivity index (χ1) is 14.4. The zero-order chi connectivity index (χ0) is 23.0. The minimum absolute atomic E-state index is 0.0566. The fourth-order valence-electron chi connectivity index (χ4n) is 3.53. The largest absolute Gasteiger partial charge is 0.298 e. The summed E-state index contributed by atoms with van der Waals surface area (Å²) in [4.78, 5) is 21.3. The van der Waals surface area contributed by atoms with Gasteiger partial charge >= 0.3 is 0 Å². The molecule has 0 bridgehead atoms. The van der Waals surface area contributed by atoms with Crippen LogP contribution in [0.3, 0.4) is 0 Å². The molecule has 5 nitrogen and oxygen atoms in total. The molecule has 0 saturated heterocycles. The Kier molecular flexibility index (Phi) is 6.09. The summed E-state index contributed by atoms with van der Waals surface area (Å²) >= 11 is 0. The molecule has 0 amide bonds. The van der Waals surface area contributed by atoms with Gasteiger partial charge in [-0.25, -0.2) is 12.8 Å². The second-order valence-electron chi connectivity index (χ2n) is 8.35. The van der Waals surface area contributed by atoms with Crippen LogP contribution in [0.15, 0.2) is 53.8 Å². The number of sulfone groups is 1. The molecule has 31 heavy (non-hydrogen) atoms. The molecule has 1 aromatic carbocycles. The number of aryl methyl sites for hydroxylation is 2. The Balaban J connectivity index is 1.89. The highest BCUT2D eigenvalue weighted by Crippen LogP contribution is 2.32. The van der Waals surface area contributed by atoms with Crippen LogP contribution in [0.5, 0.6) is 0 Å². The minimum atomic E-state index is -3.40. The van der Waals surface area contributed by atoms with Crippen molar-refractivity contribution in [3.05, 3.63) is 77.1 Å². The van der Waals surface area contributed by atoms with E-state index in [4.69, 9.17) is 0 Å². The molecule has 3 aromatic rings. The summed E-state index contributed by atoms with van der Waals surface area (Å²) in [6, 6.07) is 8.60. The summed E-state index contributed by atoms with van der Waals surface area (Å²) in [7, 11) is -3.40. The van der Waals surface area contributed by atoms with Crippen molar-refractivity contribution in [2.24, 2.45) is 0 Å². The van der Waals surface area contributed by atoms with Crippen LogP contribution in [0.25, 0.3) is 11.1 Å². The highest BCUT2D eigenvalue weighted by atomic mass is 32.2. The Hall–Kier alpha value is -2.93. The maximum atomic E-state index is 13.9. The molecule has 2 heterocycles. The maximum absolute atomic E-state index is 13.9. The molecule has 2 aromatic heterocycles. The maximum Gasteiger partial charge on any atom is 0.177 e. The van der Waals surface area contributed by atoms with Crippen molar-refractivity contribution < 1.29 is 17.6 Å². The van der Waals surface area contributed by atoms with Gasteiger partial charge in [-0.1, -0.05) is 18.2 Å². The SMILES string of the molecule is Cc1cc(-c2cnc(C)c(F)c2)ccc1C(C)(C)C(=O)Cc1cncc(S(C)(=O)=O)c1. The van der Waals surface area contributed by atoms with Gasteiger partial charge in [0.15, 0.2) is 9.84 Å². The number of carbonyl (C=O) groups is 1. The number of carbonyl (C=O) groups excluding carboxylic acids is 1. The number of halogens is 1. The van der Waals surface area contributed by atoms with Crippen LogP contribution in [-0.2, 0) is 26.5 Å². The number of ketones is 1. The summed E-state index contributed by atoms with van der Waals surface area (Å²) in [5.74, 6) is -0.418. The molecule has 0 aliphatic carbocycles. The molecular weight excluding hydrogens is 415 g/mol. The van der Waals surface area contributed by atoms with Crippen LogP contribution >= 0.6 is 0 Å². The molecule has 0 N–H and O–H groups in total. The average Bonchev–Trinajstić information content (AvgIpc) is 2.69. The van der Waals surface area contributed by atoms with Gasteiger partial charge < -0.3 is 0 Å². The summed E-state index contributed by atoms with van der Waals surface area (Å²) in [6.07, 6.45) is 5.60. The van der Waals surface area contributed by atoms with E-state index in [2.05, 4.69) is 9.97 Å². The van der Waals surface area contributed by atoms with Gasteiger partial charge in [0.25, 0.3) is 0 Å². The van der Waals surface area contributed by atoms with Gasteiger partial charge in [0.2, 0.25) is 0 Å². The molecule has 0 radical (unpaired) electrons. The van der Waals surface area contributed by atoms with Crippen LogP contribution in [0.4, 0.5) is 4.39 Å². The third kappa shape index (κ3) is 4.88. The topological polar surface area (TPSA) is 77.0 Å². The number of hydrogen-bond donors (Lipinski definition) is 0. The highest BCUT2D eigenvalue weighted by molar-refractivity contribution is 7.90. The lowest BCUT2D eigenvalue weighted by atomic mass is 9.76. The van der Waals surface area contributed by atoms with E-state index < -0.39 is 15.3 Å². The number of rotatable bonds is 6. The minimum Gasteiger partial charge on any atom is -0.298 e. The Labute approximate surface area is 182 Å². The monoisotopic (exact) mass is 440 g/mol. The quantitative estimate of drug-likeness (QED) is 0.568. The van der Waals surface area contributed by atoms with Gasteiger partial charge in [-0.3, -0.25) is 14.8 Å². The smallest absolute Gasteiger partial charge is 0.177 e. The zero-order valence-electron chi connectivity index (χ0n) is 18.2. The Bertz CT molecular complexity index is 1270. The summed E-state index contributed by atoms with van der Waals surface area (Å²) in [5, 5.41) is 0. The first-order valence-electron chi connectivity index (χ1n) is 9.80. The summed E-state index contributed by atoms with van der Waals surface area (Å²) in [5.41, 5.74) is 3.34. The molecule has 0 atom stereocenters. The lowest BCUT2D eigenvalue weighted by molar-refractivity contribution is -0.122. The Morgan fingerprint density at radius 1 is 1.03 bits per heavy atom. The van der Waals surface area contributed by atoms with Crippen molar-refractivity contribution in [3.63, 3.8) is 0 Å². The van der Waals surface area contributed by atoms with Crippen molar-refractivity contribution in [2.75, 3.05) is 6.26 Å². The van der Waals surface area contributed by atoms with Gasteiger partial charge in [-0.05, 0) is 62.1 Å². The number of Topliss-reactive ketones (excluding diaryl/α,β-unsaturated/α-hetero) is 1. The van der Waals surface area contributed by atoms with E-state index in [1.54, 1.807) is 13.1 Å². The predicted molar refractivity (Wildman–Crippen MR) is 118 cm³/mol. The number of hydrogen-bond acceptors (Lipinski definition) is 5. The van der Waals surface area contributed by atoms with Crippen LogP contribution in [0.1, 0.15) is 36.2 Å². The fourth-order valence-corrected chi connectivity index (χ4v) is 4.15. The molecular formula is C24H25FN2O3S. The predicted octanol–water partition coefficient (Wildman–Crippen LogP) is 4.39. The van der Waals surface area contributed by atoms with E-state index >= 15 is 0 Å². The summed E-state index contributed by atoms with van der Waals surface area (Å²) in [6.45, 7) is 7.22. The third-order valence-corrected chi connectivity index (χ3v) is 6.60. The molecule has 3 rings (SSSR count). The lowest BCUT2D eigenvalue weighted by Gasteiger charge is -2.26. The van der Waals surface area contributed by atoms with Crippen LogP contribution < -0.4 is 0 Å². The van der Waals surface area contributed by atoms with Gasteiger partial charge in [0.05, 0.1) is 10.6 Å². The molecule has 0 aliphatic rings. The normalized spacial score (nSPS) is 12.1. The molecule has 7 heteroatoms. The van der Waals surface area contributed by atoms with E-state index in [9.17, 15) is 17.6 Å². The van der Waals surface area contributed by atoms with E-state index in [0.29, 0.717) is 16.8 Å². The van der Waals surface area contributed by atoms with E-state index in [-0.39, 0.29) is 22.9 Å². The van der Waals surface area contributed by atoms with Gasteiger partial charge in [-0.15, -0.1) is 0 Å². The van der Waals surface area contributed by atoms with E-state index in [0.717, 1.165) is 22.9 Å². The molecule has 0 aliphatic heterocycles. The number of pyridine rings is 2. The number of benzene rings is 1. The van der Waals surface area contributed by atoms with Crippen molar-refractivity contribution >= 4 is 15.6 Å². The van der Waals surface area contributed by atoms with Crippen LogP contribution in [0.2, 0.25) is 0 Å². The molecule has 0 saturated carbocycles. The molecule has 0 unspecified atom stereocenters. The van der Waals surface area contributed by atoms with Crippen molar-refractivity contribution in [3.8, 4) is 11.1 Å². The summed E-state index contributed by atoms with van der Waals surface area (Å²) < 4.78 is 37.4. The number of nitrogens with zero attached hydrogens (tertiary/aromatic N) is 2. The van der Waals surface area contributed by atoms with Gasteiger partial charge in [0.1, 0.15) is 11.6 Å². The van der Waals surface area contributed by atoms with E-state index in [1.165, 1.54) is 24.5 Å². The van der Waals surface area contributed by atoms with Crippen molar-refractivity contribution in [2.45, 2.75) is 44.4 Å². The second-order valence-corrected chi connectivity index (χ2v) is 10.4. The first-order valence-corrected chi connectivity index (χ1v) is 11.7. The Morgan fingerprint density at radius 2 is 1.74 bits per heavy atom. The standard InChI is InChI=1S/C24H25FN2O3S/c1-15-8-18(19-11-22(25)16(2)27-13-19)6-7-21(15)24(3,4)23(28)10-17-9-20(14-26-12-17)31(5,29)30/h6-9,11-14H,10H2,1-5H3. The molecule has 0 spiro atoms. The lowest BCUT2D eigenvalue weighted by Crippen LogP contribution is -2.31. The highest BCUT2D eigenvalue weighted by Gasteiger charge is 2.31. The van der Waals surface area contributed by atoms with Gasteiger partial charge in [-0.2, -0.15) is 0 Å². The third-order valence-electron chi connectivity index (χ3n) is 5.52. The Morgan fingerprint density at radius 3 is 2.35 bits per heavy atom. The first kappa shape index (κ1) is 22.7. The molecule has 0 fully saturated rings.